The maximum atomic E-state index is 12.4. The molecule has 8 heteroatoms. The zero-order valence-electron chi connectivity index (χ0n) is 18.2. The molecule has 0 aliphatic heterocycles. The van der Waals surface area contributed by atoms with Gasteiger partial charge in [0.05, 0.1) is 17.7 Å². The van der Waals surface area contributed by atoms with Crippen molar-refractivity contribution >= 4 is 27.4 Å². The third kappa shape index (κ3) is 4.55. The monoisotopic (exact) mass is 480 g/mol. The standard InChI is InChI=1S/C25H21ClN2O4S/c1-16-13-18(17-7-6-8-19(14-17)33(3,30)31)11-12-23(16)28-15-21(24(27-28)25(29)32-2)20-9-4-5-10-22(20)26/h4-15H,1-3H3. The molecule has 1 aromatic heterocycles. The average molecular weight is 481 g/mol. The molecule has 33 heavy (non-hydrogen) atoms. The Bertz CT molecular complexity index is 1480. The lowest BCUT2D eigenvalue weighted by Gasteiger charge is -2.10. The number of aryl methyl sites for hydroxylation is 1. The minimum atomic E-state index is -3.31. The van der Waals surface area contributed by atoms with Crippen molar-refractivity contribution in [2.75, 3.05) is 13.4 Å². The van der Waals surface area contributed by atoms with E-state index in [0.29, 0.717) is 16.1 Å². The molecule has 0 atom stereocenters. The first kappa shape index (κ1) is 22.8. The summed E-state index contributed by atoms with van der Waals surface area (Å²) in [4.78, 5) is 12.7. The highest BCUT2D eigenvalue weighted by Gasteiger charge is 2.21. The van der Waals surface area contributed by atoms with Crippen LogP contribution >= 0.6 is 11.6 Å². The molecule has 0 saturated heterocycles. The van der Waals surface area contributed by atoms with Gasteiger partial charge in [0.25, 0.3) is 0 Å². The largest absolute Gasteiger partial charge is 0.464 e. The molecule has 0 amide bonds. The molecule has 0 aliphatic carbocycles. The van der Waals surface area contributed by atoms with Gasteiger partial charge in [0.15, 0.2) is 15.5 Å². The maximum Gasteiger partial charge on any atom is 0.359 e. The molecule has 0 fully saturated rings. The highest BCUT2D eigenvalue weighted by Crippen LogP contribution is 2.32. The van der Waals surface area contributed by atoms with Gasteiger partial charge in [-0.3, -0.25) is 0 Å². The summed E-state index contributed by atoms with van der Waals surface area (Å²) in [5.41, 5.74) is 4.72. The van der Waals surface area contributed by atoms with E-state index in [1.807, 2.05) is 49.4 Å². The van der Waals surface area contributed by atoms with Gasteiger partial charge in [0, 0.05) is 28.6 Å². The fourth-order valence-corrected chi connectivity index (χ4v) is 4.52. The van der Waals surface area contributed by atoms with Crippen molar-refractivity contribution in [1.29, 1.82) is 0 Å². The number of sulfone groups is 1. The summed E-state index contributed by atoms with van der Waals surface area (Å²) in [5, 5.41) is 4.98. The Kier molecular flexibility index (Phi) is 6.10. The van der Waals surface area contributed by atoms with Crippen molar-refractivity contribution in [2.24, 2.45) is 0 Å². The van der Waals surface area contributed by atoms with Crippen molar-refractivity contribution in [1.82, 2.24) is 9.78 Å². The van der Waals surface area contributed by atoms with Crippen LogP contribution in [0.15, 0.2) is 77.8 Å². The molecular weight excluding hydrogens is 460 g/mol. The molecule has 0 radical (unpaired) electrons. The first-order chi connectivity index (χ1) is 15.7. The number of methoxy groups -OCH3 is 1. The SMILES string of the molecule is COC(=O)c1nn(-c2ccc(-c3cccc(S(C)(=O)=O)c3)cc2C)cc1-c1ccccc1Cl. The Morgan fingerprint density at radius 1 is 0.970 bits per heavy atom. The topological polar surface area (TPSA) is 78.3 Å². The minimum absolute atomic E-state index is 0.162. The summed E-state index contributed by atoms with van der Waals surface area (Å²) in [6.45, 7) is 1.92. The second kappa shape index (κ2) is 8.84. The zero-order chi connectivity index (χ0) is 23.8. The highest BCUT2D eigenvalue weighted by molar-refractivity contribution is 7.90. The number of esters is 1. The summed E-state index contributed by atoms with van der Waals surface area (Å²) in [7, 11) is -2.00. The lowest BCUT2D eigenvalue weighted by molar-refractivity contribution is 0.0594. The van der Waals surface area contributed by atoms with Crippen LogP contribution in [0.1, 0.15) is 16.1 Å². The van der Waals surface area contributed by atoms with Crippen LogP contribution in [-0.2, 0) is 14.6 Å². The number of aromatic nitrogens is 2. The number of hydrogen-bond acceptors (Lipinski definition) is 5. The molecule has 3 aromatic carbocycles. The van der Waals surface area contributed by atoms with Crippen molar-refractivity contribution in [3.8, 4) is 27.9 Å². The first-order valence-corrected chi connectivity index (χ1v) is 12.3. The van der Waals surface area contributed by atoms with Crippen molar-refractivity contribution < 1.29 is 17.9 Å². The number of benzene rings is 3. The molecule has 168 valence electrons. The van der Waals surface area contributed by atoms with Crippen molar-refractivity contribution in [2.45, 2.75) is 11.8 Å². The number of carbonyl (C=O) groups is 1. The Labute approximate surface area is 197 Å². The third-order valence-electron chi connectivity index (χ3n) is 5.30. The molecule has 1 heterocycles. The van der Waals surface area contributed by atoms with E-state index in [9.17, 15) is 13.2 Å². The fraction of sp³-hybridized carbons (Fsp3) is 0.120. The second-order valence-electron chi connectivity index (χ2n) is 7.61. The summed E-state index contributed by atoms with van der Waals surface area (Å²) in [6, 6.07) is 19.8. The normalized spacial score (nSPS) is 11.4. The molecule has 4 rings (SSSR count). The van der Waals surface area contributed by atoms with Gasteiger partial charge >= 0.3 is 5.97 Å². The van der Waals surface area contributed by atoms with E-state index in [2.05, 4.69) is 5.10 Å². The average Bonchev–Trinajstić information content (AvgIpc) is 3.23. The Morgan fingerprint density at radius 3 is 2.36 bits per heavy atom. The number of carbonyl (C=O) groups excluding carboxylic acids is 1. The second-order valence-corrected chi connectivity index (χ2v) is 10.0. The zero-order valence-corrected chi connectivity index (χ0v) is 19.8. The van der Waals surface area contributed by atoms with Crippen LogP contribution in [0.5, 0.6) is 0 Å². The van der Waals surface area contributed by atoms with Crippen molar-refractivity contribution in [3.05, 3.63) is 89.2 Å². The molecule has 0 unspecified atom stereocenters. The van der Waals surface area contributed by atoms with E-state index in [1.54, 1.807) is 35.1 Å². The quantitative estimate of drug-likeness (QED) is 0.359. The highest BCUT2D eigenvalue weighted by atomic mass is 35.5. The predicted molar refractivity (Wildman–Crippen MR) is 129 cm³/mol. The molecular formula is C25H21ClN2O4S. The third-order valence-corrected chi connectivity index (χ3v) is 6.74. The first-order valence-electron chi connectivity index (χ1n) is 10.0. The molecule has 0 aliphatic rings. The summed E-state index contributed by atoms with van der Waals surface area (Å²) < 4.78 is 30.4. The van der Waals surface area contributed by atoms with Crippen LogP contribution in [-0.4, -0.2) is 37.5 Å². The predicted octanol–water partition coefficient (Wildman–Crippen LogP) is 5.36. The van der Waals surface area contributed by atoms with Crippen molar-refractivity contribution in [3.63, 3.8) is 0 Å². The molecule has 0 spiro atoms. The van der Waals surface area contributed by atoms with Crippen LogP contribution in [0.25, 0.3) is 27.9 Å². The smallest absolute Gasteiger partial charge is 0.359 e. The summed E-state index contributed by atoms with van der Waals surface area (Å²) in [5.74, 6) is -0.560. The van der Waals surface area contributed by atoms with Gasteiger partial charge in [0.2, 0.25) is 0 Å². The van der Waals surface area contributed by atoms with Crippen LogP contribution in [0.3, 0.4) is 0 Å². The number of nitrogens with zero attached hydrogens (tertiary/aromatic N) is 2. The summed E-state index contributed by atoms with van der Waals surface area (Å²) >= 11 is 6.37. The number of ether oxygens (including phenoxy) is 1. The maximum absolute atomic E-state index is 12.4. The van der Waals surface area contributed by atoms with Gasteiger partial charge < -0.3 is 4.74 Å². The van der Waals surface area contributed by atoms with Gasteiger partial charge in [-0.25, -0.2) is 17.9 Å². The minimum Gasteiger partial charge on any atom is -0.464 e. The Morgan fingerprint density at radius 2 is 1.70 bits per heavy atom. The Balaban J connectivity index is 1.80. The lowest BCUT2D eigenvalue weighted by atomic mass is 10.0. The van der Waals surface area contributed by atoms with Crippen LogP contribution in [0.4, 0.5) is 0 Å². The molecule has 0 bridgehead atoms. The van der Waals surface area contributed by atoms with Gasteiger partial charge in [0.1, 0.15) is 0 Å². The van der Waals surface area contributed by atoms with E-state index < -0.39 is 15.8 Å². The fourth-order valence-electron chi connectivity index (χ4n) is 3.62. The lowest BCUT2D eigenvalue weighted by Crippen LogP contribution is -2.06. The van der Waals surface area contributed by atoms with Crippen LogP contribution < -0.4 is 0 Å². The number of rotatable bonds is 5. The van der Waals surface area contributed by atoms with E-state index in [-0.39, 0.29) is 10.6 Å². The Hall–Kier alpha value is -3.42. The van der Waals surface area contributed by atoms with E-state index >= 15 is 0 Å². The molecule has 4 aromatic rings. The van der Waals surface area contributed by atoms with E-state index in [4.69, 9.17) is 16.3 Å². The van der Waals surface area contributed by atoms with E-state index in [0.717, 1.165) is 22.4 Å². The van der Waals surface area contributed by atoms with Gasteiger partial charge in [-0.05, 0) is 53.9 Å². The summed E-state index contributed by atoms with van der Waals surface area (Å²) in [6.07, 6.45) is 2.94. The number of halogens is 1. The van der Waals surface area contributed by atoms with E-state index in [1.165, 1.54) is 13.4 Å². The van der Waals surface area contributed by atoms with Gasteiger partial charge in [-0.1, -0.05) is 48.0 Å². The molecule has 6 nitrogen and oxygen atoms in total. The van der Waals surface area contributed by atoms with Crippen LogP contribution in [0.2, 0.25) is 5.02 Å². The van der Waals surface area contributed by atoms with Gasteiger partial charge in [-0.2, -0.15) is 5.10 Å². The van der Waals surface area contributed by atoms with Gasteiger partial charge in [-0.15, -0.1) is 0 Å². The molecule has 0 N–H and O–H groups in total. The van der Waals surface area contributed by atoms with Crippen LogP contribution in [0, 0.1) is 6.92 Å². The molecule has 0 saturated carbocycles. The number of hydrogen-bond donors (Lipinski definition) is 0.